The largest absolute Gasteiger partial charge is 0.394 e. The summed E-state index contributed by atoms with van der Waals surface area (Å²) < 4.78 is 5.10. The minimum atomic E-state index is 0. The number of hydrogen-bond donors (Lipinski definition) is 2. The van der Waals surface area contributed by atoms with Gasteiger partial charge < -0.3 is 15.2 Å². The van der Waals surface area contributed by atoms with Crippen molar-refractivity contribution in [2.45, 2.75) is 6.54 Å². The molecule has 0 fully saturated rings. The summed E-state index contributed by atoms with van der Waals surface area (Å²) in [5.41, 5.74) is 1.08. The maximum Gasteiger partial charge on any atom is 0.0698 e. The standard InChI is InChI=1S/C11H15Cl2NO2.ClH/c12-10-2-1-9(7-11(10)13)8-14-3-5-16-6-4-15;/h1-2,7,14-15H,3-6,8H2;1H. The number of rotatable bonds is 7. The molecule has 0 saturated carbocycles. The van der Waals surface area contributed by atoms with Crippen LogP contribution >= 0.6 is 35.6 Å². The Bertz CT molecular complexity index is 324. The minimum absolute atomic E-state index is 0. The first-order chi connectivity index (χ1) is 7.74. The van der Waals surface area contributed by atoms with E-state index < -0.39 is 0 Å². The minimum Gasteiger partial charge on any atom is -0.394 e. The van der Waals surface area contributed by atoms with Crippen LogP contribution in [0.4, 0.5) is 0 Å². The molecule has 0 aliphatic heterocycles. The second kappa shape index (κ2) is 9.95. The van der Waals surface area contributed by atoms with Crippen molar-refractivity contribution in [3.8, 4) is 0 Å². The van der Waals surface area contributed by atoms with Crippen LogP contribution in [0.1, 0.15) is 5.56 Å². The fourth-order valence-corrected chi connectivity index (χ4v) is 1.51. The van der Waals surface area contributed by atoms with Gasteiger partial charge in [0.2, 0.25) is 0 Å². The van der Waals surface area contributed by atoms with Crippen molar-refractivity contribution >= 4 is 35.6 Å². The number of hydrogen-bond acceptors (Lipinski definition) is 3. The van der Waals surface area contributed by atoms with Crippen LogP contribution in [0.2, 0.25) is 10.0 Å². The van der Waals surface area contributed by atoms with Crippen LogP contribution in [-0.2, 0) is 11.3 Å². The molecule has 0 aliphatic carbocycles. The molecule has 0 bridgehead atoms. The van der Waals surface area contributed by atoms with Gasteiger partial charge in [0, 0.05) is 13.1 Å². The van der Waals surface area contributed by atoms with Gasteiger partial charge in [-0.15, -0.1) is 12.4 Å². The highest BCUT2D eigenvalue weighted by molar-refractivity contribution is 6.42. The van der Waals surface area contributed by atoms with E-state index >= 15 is 0 Å². The number of benzene rings is 1. The van der Waals surface area contributed by atoms with Crippen LogP contribution < -0.4 is 5.32 Å². The first kappa shape index (κ1) is 17.0. The number of ether oxygens (including phenoxy) is 1. The van der Waals surface area contributed by atoms with Crippen molar-refractivity contribution < 1.29 is 9.84 Å². The molecule has 0 radical (unpaired) electrons. The number of aliphatic hydroxyl groups is 1. The summed E-state index contributed by atoms with van der Waals surface area (Å²) in [6.07, 6.45) is 0. The average Bonchev–Trinajstić information content (AvgIpc) is 2.28. The van der Waals surface area contributed by atoms with Gasteiger partial charge in [0.05, 0.1) is 29.9 Å². The summed E-state index contributed by atoms with van der Waals surface area (Å²) in [5, 5.41) is 12.8. The summed E-state index contributed by atoms with van der Waals surface area (Å²) in [7, 11) is 0. The molecular weight excluding hydrogens is 284 g/mol. The Labute approximate surface area is 117 Å². The quantitative estimate of drug-likeness (QED) is 0.760. The lowest BCUT2D eigenvalue weighted by atomic mass is 10.2. The van der Waals surface area contributed by atoms with Crippen LogP contribution in [0.5, 0.6) is 0 Å². The zero-order chi connectivity index (χ0) is 11.8. The third kappa shape index (κ3) is 7.09. The second-order valence-electron chi connectivity index (χ2n) is 3.26. The molecule has 2 N–H and O–H groups in total. The van der Waals surface area contributed by atoms with Gasteiger partial charge in [-0.3, -0.25) is 0 Å². The van der Waals surface area contributed by atoms with Crippen LogP contribution in [0.25, 0.3) is 0 Å². The second-order valence-corrected chi connectivity index (χ2v) is 4.08. The smallest absolute Gasteiger partial charge is 0.0698 e. The Morgan fingerprint density at radius 2 is 1.94 bits per heavy atom. The van der Waals surface area contributed by atoms with Crippen LogP contribution in [0.15, 0.2) is 18.2 Å². The average molecular weight is 301 g/mol. The molecule has 1 aromatic rings. The number of nitrogens with one attached hydrogen (secondary N) is 1. The van der Waals surface area contributed by atoms with Crippen molar-refractivity contribution in [3.05, 3.63) is 33.8 Å². The Morgan fingerprint density at radius 1 is 1.18 bits per heavy atom. The predicted octanol–water partition coefficient (Wildman–Crippen LogP) is 2.51. The summed E-state index contributed by atoms with van der Waals surface area (Å²) in [6, 6.07) is 5.55. The molecule has 6 heteroatoms. The lowest BCUT2D eigenvalue weighted by Crippen LogP contribution is -2.19. The van der Waals surface area contributed by atoms with Crippen LogP contribution in [0.3, 0.4) is 0 Å². The van der Waals surface area contributed by atoms with Gasteiger partial charge in [-0.05, 0) is 17.7 Å². The van der Waals surface area contributed by atoms with E-state index in [1.54, 1.807) is 6.07 Å². The van der Waals surface area contributed by atoms with Gasteiger partial charge in [0.25, 0.3) is 0 Å². The third-order valence-corrected chi connectivity index (χ3v) is 2.71. The van der Waals surface area contributed by atoms with E-state index in [4.69, 9.17) is 33.0 Å². The molecule has 0 unspecified atom stereocenters. The van der Waals surface area contributed by atoms with Gasteiger partial charge in [-0.2, -0.15) is 0 Å². The van der Waals surface area contributed by atoms with Gasteiger partial charge >= 0.3 is 0 Å². The van der Waals surface area contributed by atoms with Crippen molar-refractivity contribution in [2.75, 3.05) is 26.4 Å². The molecule has 0 aromatic heterocycles. The first-order valence-electron chi connectivity index (χ1n) is 5.07. The van der Waals surface area contributed by atoms with E-state index in [1.165, 1.54) is 0 Å². The molecule has 0 saturated heterocycles. The highest BCUT2D eigenvalue weighted by Gasteiger charge is 1.98. The van der Waals surface area contributed by atoms with Crippen molar-refractivity contribution in [3.63, 3.8) is 0 Å². The van der Waals surface area contributed by atoms with Crippen molar-refractivity contribution in [1.82, 2.24) is 5.32 Å². The van der Waals surface area contributed by atoms with E-state index in [1.807, 2.05) is 12.1 Å². The lowest BCUT2D eigenvalue weighted by molar-refractivity contribution is 0.0938. The Kier molecular flexibility index (Phi) is 9.93. The van der Waals surface area contributed by atoms with Gasteiger partial charge in [0.15, 0.2) is 0 Å². The number of halogens is 3. The normalized spacial score (nSPS) is 10.1. The highest BCUT2D eigenvalue weighted by atomic mass is 35.5. The summed E-state index contributed by atoms with van der Waals surface area (Å²) in [4.78, 5) is 0. The molecular formula is C11H16Cl3NO2. The molecule has 98 valence electrons. The summed E-state index contributed by atoms with van der Waals surface area (Å²) >= 11 is 11.7. The molecule has 1 aromatic carbocycles. The van der Waals surface area contributed by atoms with E-state index in [-0.39, 0.29) is 19.0 Å². The number of aliphatic hydroxyl groups excluding tert-OH is 1. The van der Waals surface area contributed by atoms with Crippen molar-refractivity contribution in [1.29, 1.82) is 0 Å². The third-order valence-electron chi connectivity index (χ3n) is 1.97. The Balaban J connectivity index is 0.00000256. The van der Waals surface area contributed by atoms with Crippen molar-refractivity contribution in [2.24, 2.45) is 0 Å². The van der Waals surface area contributed by atoms with E-state index in [9.17, 15) is 0 Å². The van der Waals surface area contributed by atoms with Crippen LogP contribution in [0, 0.1) is 0 Å². The maximum atomic E-state index is 8.48. The molecule has 0 atom stereocenters. The Hall–Kier alpha value is -0.0300. The summed E-state index contributed by atoms with van der Waals surface area (Å²) in [5.74, 6) is 0. The van der Waals surface area contributed by atoms with E-state index in [0.717, 1.165) is 18.7 Å². The molecule has 3 nitrogen and oxygen atoms in total. The molecule has 1 rings (SSSR count). The van der Waals surface area contributed by atoms with E-state index in [2.05, 4.69) is 5.32 Å². The Morgan fingerprint density at radius 3 is 2.59 bits per heavy atom. The fourth-order valence-electron chi connectivity index (χ4n) is 1.19. The zero-order valence-corrected chi connectivity index (χ0v) is 11.6. The van der Waals surface area contributed by atoms with Crippen LogP contribution in [-0.4, -0.2) is 31.5 Å². The van der Waals surface area contributed by atoms with Gasteiger partial charge in [-0.25, -0.2) is 0 Å². The zero-order valence-electron chi connectivity index (χ0n) is 9.29. The molecule has 17 heavy (non-hydrogen) atoms. The topological polar surface area (TPSA) is 41.5 Å². The molecule has 0 spiro atoms. The van der Waals surface area contributed by atoms with E-state index in [0.29, 0.717) is 23.3 Å². The SMILES string of the molecule is Cl.OCCOCCNCc1ccc(Cl)c(Cl)c1. The molecule has 0 amide bonds. The predicted molar refractivity (Wildman–Crippen MR) is 73.3 cm³/mol. The van der Waals surface area contributed by atoms with Gasteiger partial charge in [0.1, 0.15) is 0 Å². The molecule has 0 heterocycles. The summed E-state index contributed by atoms with van der Waals surface area (Å²) in [6.45, 7) is 2.49. The monoisotopic (exact) mass is 299 g/mol. The maximum absolute atomic E-state index is 8.48. The molecule has 0 aliphatic rings. The lowest BCUT2D eigenvalue weighted by Gasteiger charge is -2.06. The van der Waals surface area contributed by atoms with Gasteiger partial charge in [-0.1, -0.05) is 29.3 Å². The highest BCUT2D eigenvalue weighted by Crippen LogP contribution is 2.22. The fraction of sp³-hybridized carbons (Fsp3) is 0.455. The first-order valence-corrected chi connectivity index (χ1v) is 5.83.